The van der Waals surface area contributed by atoms with E-state index in [2.05, 4.69) is 12.2 Å². The molecule has 2 atom stereocenters. The fraction of sp³-hybridized carbons (Fsp3) is 0.450. The number of hydrogen-bond acceptors (Lipinski definition) is 3. The Kier molecular flexibility index (Phi) is 5.63. The van der Waals surface area contributed by atoms with Crippen molar-refractivity contribution in [1.29, 1.82) is 0 Å². The lowest BCUT2D eigenvalue weighted by Gasteiger charge is -2.30. The highest BCUT2D eigenvalue weighted by atomic mass is 32.2. The van der Waals surface area contributed by atoms with Gasteiger partial charge >= 0.3 is 0 Å². The molecule has 0 radical (unpaired) electrons. The van der Waals surface area contributed by atoms with Crippen molar-refractivity contribution in [2.45, 2.75) is 43.5 Å². The highest BCUT2D eigenvalue weighted by molar-refractivity contribution is 7.89. The number of nitrogens with zero attached hydrogens (tertiary/aromatic N) is 1. The standard InChI is InChI=1S/C20H26N2O3S/c1-15-7-3-6-10-19(15)21-20(23)14-22(2)26(24,25)18-12-11-16-8-4-5-9-17(16)13-18/h4-5,8-9,11-13,15,19H,3,6-7,10,14H2,1-2H3,(H,21,23). The molecule has 2 aromatic rings. The lowest BCUT2D eigenvalue weighted by Crippen LogP contribution is -2.46. The Morgan fingerprint density at radius 1 is 1.12 bits per heavy atom. The first-order valence-electron chi connectivity index (χ1n) is 9.12. The van der Waals surface area contributed by atoms with Crippen LogP contribution in [0.3, 0.4) is 0 Å². The monoisotopic (exact) mass is 374 g/mol. The van der Waals surface area contributed by atoms with Gasteiger partial charge in [0.2, 0.25) is 15.9 Å². The van der Waals surface area contributed by atoms with E-state index in [9.17, 15) is 13.2 Å². The third-order valence-corrected chi connectivity index (χ3v) is 7.05. The Labute approximate surface area is 155 Å². The van der Waals surface area contributed by atoms with Gasteiger partial charge in [0.25, 0.3) is 0 Å². The van der Waals surface area contributed by atoms with Crippen molar-refractivity contribution in [2.75, 3.05) is 13.6 Å². The van der Waals surface area contributed by atoms with Gasteiger partial charge in [0.05, 0.1) is 11.4 Å². The molecule has 0 bridgehead atoms. The maximum absolute atomic E-state index is 12.8. The van der Waals surface area contributed by atoms with Gasteiger partial charge in [0.15, 0.2) is 0 Å². The Morgan fingerprint density at radius 2 is 1.81 bits per heavy atom. The van der Waals surface area contributed by atoms with Gasteiger partial charge in [-0.3, -0.25) is 4.79 Å². The lowest BCUT2D eigenvalue weighted by atomic mass is 9.86. The normalized spacial score (nSPS) is 21.0. The quantitative estimate of drug-likeness (QED) is 0.874. The van der Waals surface area contributed by atoms with E-state index in [1.807, 2.05) is 24.3 Å². The van der Waals surface area contributed by atoms with E-state index in [0.29, 0.717) is 5.92 Å². The zero-order valence-electron chi connectivity index (χ0n) is 15.3. The average molecular weight is 375 g/mol. The van der Waals surface area contributed by atoms with Crippen molar-refractivity contribution in [3.8, 4) is 0 Å². The molecular formula is C20H26N2O3S. The van der Waals surface area contributed by atoms with E-state index in [-0.39, 0.29) is 23.4 Å². The van der Waals surface area contributed by atoms with Crippen molar-refractivity contribution in [3.63, 3.8) is 0 Å². The summed E-state index contributed by atoms with van der Waals surface area (Å²) in [6.45, 7) is 1.97. The number of rotatable bonds is 5. The number of carbonyl (C=O) groups is 1. The average Bonchev–Trinajstić information content (AvgIpc) is 2.63. The van der Waals surface area contributed by atoms with Crippen LogP contribution in [0.15, 0.2) is 47.4 Å². The zero-order valence-corrected chi connectivity index (χ0v) is 16.1. The van der Waals surface area contributed by atoms with E-state index in [0.717, 1.165) is 34.3 Å². The minimum absolute atomic E-state index is 0.146. The molecule has 140 valence electrons. The number of sulfonamides is 1. The Morgan fingerprint density at radius 3 is 2.54 bits per heavy atom. The van der Waals surface area contributed by atoms with Crippen LogP contribution in [0.25, 0.3) is 10.8 Å². The van der Waals surface area contributed by atoms with Crippen LogP contribution in [0.4, 0.5) is 0 Å². The Bertz CT molecular complexity index is 895. The van der Waals surface area contributed by atoms with Gasteiger partial charge < -0.3 is 5.32 Å². The number of amides is 1. The summed E-state index contributed by atoms with van der Waals surface area (Å²) in [6, 6.07) is 12.8. The van der Waals surface area contributed by atoms with Crippen molar-refractivity contribution in [1.82, 2.24) is 9.62 Å². The number of nitrogens with one attached hydrogen (secondary N) is 1. The third-order valence-electron chi connectivity index (χ3n) is 5.25. The van der Waals surface area contributed by atoms with Crippen LogP contribution in [-0.4, -0.2) is 38.3 Å². The van der Waals surface area contributed by atoms with Crippen molar-refractivity contribution in [3.05, 3.63) is 42.5 Å². The predicted octanol–water partition coefficient (Wildman–Crippen LogP) is 3.16. The number of fused-ring (bicyclic) bond motifs is 1. The van der Waals surface area contributed by atoms with Crippen LogP contribution in [0.2, 0.25) is 0 Å². The second kappa shape index (κ2) is 7.76. The molecule has 0 spiro atoms. The van der Waals surface area contributed by atoms with Gasteiger partial charge in [0, 0.05) is 13.1 Å². The number of carbonyl (C=O) groups excluding carboxylic acids is 1. The Hall–Kier alpha value is -1.92. The van der Waals surface area contributed by atoms with Crippen LogP contribution in [0, 0.1) is 5.92 Å². The molecule has 26 heavy (non-hydrogen) atoms. The van der Waals surface area contributed by atoms with E-state index in [1.54, 1.807) is 18.2 Å². The summed E-state index contributed by atoms with van der Waals surface area (Å²) in [5, 5.41) is 4.86. The van der Waals surface area contributed by atoms with Crippen LogP contribution >= 0.6 is 0 Å². The number of likely N-dealkylation sites (N-methyl/N-ethyl adjacent to an activating group) is 1. The molecule has 0 heterocycles. The maximum atomic E-state index is 12.8. The van der Waals surface area contributed by atoms with Crippen LogP contribution in [0.5, 0.6) is 0 Å². The molecule has 1 amide bonds. The first kappa shape index (κ1) is 18.9. The van der Waals surface area contributed by atoms with Gasteiger partial charge in [-0.05, 0) is 41.7 Å². The van der Waals surface area contributed by atoms with E-state index in [1.165, 1.54) is 13.5 Å². The summed E-state index contributed by atoms with van der Waals surface area (Å²) in [5.74, 6) is 0.200. The zero-order chi connectivity index (χ0) is 18.7. The molecule has 3 rings (SSSR count). The van der Waals surface area contributed by atoms with Crippen molar-refractivity contribution in [2.24, 2.45) is 5.92 Å². The summed E-state index contributed by atoms with van der Waals surface area (Å²) in [4.78, 5) is 12.5. The highest BCUT2D eigenvalue weighted by Gasteiger charge is 2.26. The minimum atomic E-state index is -3.71. The van der Waals surface area contributed by atoms with Crippen molar-refractivity contribution < 1.29 is 13.2 Å². The smallest absolute Gasteiger partial charge is 0.243 e. The van der Waals surface area contributed by atoms with Gasteiger partial charge in [0.1, 0.15) is 0 Å². The second-order valence-corrected chi connectivity index (χ2v) is 9.25. The lowest BCUT2D eigenvalue weighted by molar-refractivity contribution is -0.122. The van der Waals surface area contributed by atoms with Gasteiger partial charge in [-0.25, -0.2) is 8.42 Å². The Balaban J connectivity index is 1.70. The summed E-state index contributed by atoms with van der Waals surface area (Å²) in [6.07, 6.45) is 4.38. The summed E-state index contributed by atoms with van der Waals surface area (Å²) >= 11 is 0. The minimum Gasteiger partial charge on any atom is -0.352 e. The van der Waals surface area contributed by atoms with E-state index in [4.69, 9.17) is 0 Å². The molecular weight excluding hydrogens is 348 g/mol. The highest BCUT2D eigenvalue weighted by Crippen LogP contribution is 2.24. The molecule has 0 saturated heterocycles. The molecule has 5 nitrogen and oxygen atoms in total. The molecule has 1 aliphatic rings. The van der Waals surface area contributed by atoms with Crippen LogP contribution < -0.4 is 5.32 Å². The summed E-state index contributed by atoms with van der Waals surface area (Å²) in [7, 11) is -2.25. The maximum Gasteiger partial charge on any atom is 0.243 e. The van der Waals surface area contributed by atoms with Gasteiger partial charge in [-0.2, -0.15) is 4.31 Å². The molecule has 1 fully saturated rings. The summed E-state index contributed by atoms with van der Waals surface area (Å²) < 4.78 is 26.8. The van der Waals surface area contributed by atoms with Gasteiger partial charge in [-0.1, -0.05) is 50.1 Å². The largest absolute Gasteiger partial charge is 0.352 e. The molecule has 0 aromatic heterocycles. The third kappa shape index (κ3) is 4.07. The molecule has 1 saturated carbocycles. The molecule has 2 unspecified atom stereocenters. The summed E-state index contributed by atoms with van der Waals surface area (Å²) in [5.41, 5.74) is 0. The fourth-order valence-corrected chi connectivity index (χ4v) is 4.74. The molecule has 0 aliphatic heterocycles. The SMILES string of the molecule is CC1CCCCC1NC(=O)CN(C)S(=O)(=O)c1ccc2ccccc2c1. The van der Waals surface area contributed by atoms with Crippen LogP contribution in [-0.2, 0) is 14.8 Å². The molecule has 6 heteroatoms. The molecule has 1 N–H and O–H groups in total. The topological polar surface area (TPSA) is 66.5 Å². The fourth-order valence-electron chi connectivity index (χ4n) is 3.58. The predicted molar refractivity (Wildman–Crippen MR) is 103 cm³/mol. The first-order chi connectivity index (χ1) is 12.4. The number of hydrogen-bond donors (Lipinski definition) is 1. The first-order valence-corrected chi connectivity index (χ1v) is 10.6. The van der Waals surface area contributed by atoms with Gasteiger partial charge in [-0.15, -0.1) is 0 Å². The number of benzene rings is 2. The molecule has 2 aromatic carbocycles. The second-order valence-electron chi connectivity index (χ2n) is 7.21. The van der Waals surface area contributed by atoms with E-state index < -0.39 is 10.0 Å². The molecule has 1 aliphatic carbocycles. The van der Waals surface area contributed by atoms with E-state index >= 15 is 0 Å². The van der Waals surface area contributed by atoms with Crippen LogP contribution in [0.1, 0.15) is 32.6 Å². The van der Waals surface area contributed by atoms with Crippen molar-refractivity contribution >= 4 is 26.7 Å².